The van der Waals surface area contributed by atoms with Crippen LogP contribution in [0.2, 0.25) is 0 Å². The normalized spacial score (nSPS) is 13.2. The Kier molecular flexibility index (Phi) is 8.44. The molecular formula is C20H30N2O3. The summed E-state index contributed by atoms with van der Waals surface area (Å²) in [6, 6.07) is 7.21. The number of hydrogen-bond donors (Lipinski definition) is 1. The summed E-state index contributed by atoms with van der Waals surface area (Å²) in [5, 5.41) is 12.2. The molecule has 5 heteroatoms. The first-order valence-electron chi connectivity index (χ1n) is 9.02. The highest BCUT2D eigenvalue weighted by Gasteiger charge is 2.33. The highest BCUT2D eigenvalue weighted by molar-refractivity contribution is 5.98. The van der Waals surface area contributed by atoms with Crippen molar-refractivity contribution in [3.8, 4) is 11.8 Å². The topological polar surface area (TPSA) is 71.3 Å². The third-order valence-electron chi connectivity index (χ3n) is 3.93. The van der Waals surface area contributed by atoms with Crippen LogP contribution in [0.15, 0.2) is 18.2 Å². The number of hydrogen-bond acceptors (Lipinski definition) is 4. The van der Waals surface area contributed by atoms with Gasteiger partial charge in [-0.2, -0.15) is 5.26 Å². The van der Waals surface area contributed by atoms with Gasteiger partial charge in [-0.1, -0.05) is 26.2 Å². The van der Waals surface area contributed by atoms with E-state index in [4.69, 9.17) is 9.47 Å². The average Bonchev–Trinajstić information content (AvgIpc) is 2.56. The van der Waals surface area contributed by atoms with Crippen LogP contribution in [0.25, 0.3) is 0 Å². The first-order valence-corrected chi connectivity index (χ1v) is 9.02. The Hall–Kier alpha value is -2.06. The molecule has 1 rings (SSSR count). The smallest absolute Gasteiger partial charge is 0.256 e. The highest BCUT2D eigenvalue weighted by Crippen LogP contribution is 2.26. The lowest BCUT2D eigenvalue weighted by molar-refractivity contribution is -0.139. The predicted molar refractivity (Wildman–Crippen MR) is 99.7 cm³/mol. The molecule has 0 aliphatic rings. The van der Waals surface area contributed by atoms with Crippen LogP contribution < -0.4 is 10.1 Å². The van der Waals surface area contributed by atoms with Crippen molar-refractivity contribution in [2.45, 2.75) is 72.0 Å². The zero-order valence-electron chi connectivity index (χ0n) is 16.0. The fourth-order valence-corrected chi connectivity index (χ4v) is 2.61. The summed E-state index contributed by atoms with van der Waals surface area (Å²) < 4.78 is 11.3. The second-order valence-electron chi connectivity index (χ2n) is 6.56. The number of rotatable bonds is 10. The van der Waals surface area contributed by atoms with Crippen molar-refractivity contribution < 1.29 is 14.3 Å². The molecule has 138 valence electrons. The van der Waals surface area contributed by atoms with Crippen LogP contribution in [0.5, 0.6) is 5.75 Å². The van der Waals surface area contributed by atoms with Gasteiger partial charge in [0.05, 0.1) is 17.4 Å². The minimum atomic E-state index is -0.899. The second kappa shape index (κ2) is 10.0. The van der Waals surface area contributed by atoms with E-state index in [1.165, 1.54) is 0 Å². The molecule has 1 amide bonds. The Labute approximate surface area is 151 Å². The predicted octanol–water partition coefficient (Wildman–Crippen LogP) is 4.66. The van der Waals surface area contributed by atoms with Gasteiger partial charge in [0.2, 0.25) is 0 Å². The molecule has 0 saturated carbocycles. The zero-order chi connectivity index (χ0) is 18.9. The van der Waals surface area contributed by atoms with Gasteiger partial charge in [-0.25, -0.2) is 0 Å². The molecule has 1 N–H and O–H groups in total. The maximum absolute atomic E-state index is 12.8. The minimum Gasteiger partial charge on any atom is -0.491 e. The molecular weight excluding hydrogens is 316 g/mol. The van der Waals surface area contributed by atoms with E-state index in [2.05, 4.69) is 18.3 Å². The first kappa shape index (κ1) is 21.0. The third-order valence-corrected chi connectivity index (χ3v) is 3.93. The molecule has 0 bridgehead atoms. The quantitative estimate of drug-likeness (QED) is 0.625. The van der Waals surface area contributed by atoms with Crippen LogP contribution in [-0.2, 0) is 9.53 Å². The number of amides is 1. The summed E-state index contributed by atoms with van der Waals surface area (Å²) in [5.41, 5.74) is -0.0482. The number of carbonyl (C=O) groups is 1. The van der Waals surface area contributed by atoms with Crippen molar-refractivity contribution in [2.75, 3.05) is 11.9 Å². The summed E-state index contributed by atoms with van der Waals surface area (Å²) >= 11 is 0. The number of nitriles is 1. The Bertz CT molecular complexity index is 607. The van der Waals surface area contributed by atoms with Gasteiger partial charge in [0.25, 0.3) is 5.91 Å². The van der Waals surface area contributed by atoms with Crippen LogP contribution in [-0.4, -0.2) is 24.2 Å². The molecule has 0 spiro atoms. The van der Waals surface area contributed by atoms with Crippen LogP contribution in [0.4, 0.5) is 5.69 Å². The molecule has 0 radical (unpaired) electrons. The molecule has 1 unspecified atom stereocenters. The molecule has 1 atom stereocenters. The van der Waals surface area contributed by atoms with E-state index in [1.807, 2.05) is 27.7 Å². The van der Waals surface area contributed by atoms with Crippen molar-refractivity contribution in [1.29, 1.82) is 5.26 Å². The average molecular weight is 346 g/mol. The molecule has 0 aromatic heterocycles. The summed E-state index contributed by atoms with van der Waals surface area (Å²) in [5.74, 6) is 0.388. The van der Waals surface area contributed by atoms with Crippen molar-refractivity contribution >= 4 is 11.6 Å². The van der Waals surface area contributed by atoms with Gasteiger partial charge in [0.15, 0.2) is 0 Å². The summed E-state index contributed by atoms with van der Waals surface area (Å²) in [4.78, 5) is 12.8. The second-order valence-corrected chi connectivity index (χ2v) is 6.56. The van der Waals surface area contributed by atoms with Gasteiger partial charge < -0.3 is 14.8 Å². The molecule has 25 heavy (non-hydrogen) atoms. The van der Waals surface area contributed by atoms with Crippen LogP contribution in [0, 0.1) is 11.3 Å². The summed E-state index contributed by atoms with van der Waals surface area (Å²) in [6.07, 6.45) is 3.73. The maximum Gasteiger partial charge on any atom is 0.256 e. The van der Waals surface area contributed by atoms with Gasteiger partial charge in [0, 0.05) is 12.7 Å². The third kappa shape index (κ3) is 6.39. The van der Waals surface area contributed by atoms with Gasteiger partial charge in [0.1, 0.15) is 17.4 Å². The van der Waals surface area contributed by atoms with Crippen LogP contribution in [0.1, 0.15) is 65.9 Å². The van der Waals surface area contributed by atoms with Crippen molar-refractivity contribution in [3.63, 3.8) is 0 Å². The lowest BCUT2D eigenvalue weighted by Gasteiger charge is -2.28. The lowest BCUT2D eigenvalue weighted by atomic mass is 9.96. The Morgan fingerprint density at radius 3 is 2.60 bits per heavy atom. The Morgan fingerprint density at radius 1 is 1.32 bits per heavy atom. The molecule has 0 fully saturated rings. The molecule has 0 aliphatic carbocycles. The van der Waals surface area contributed by atoms with Gasteiger partial charge in [-0.3, -0.25) is 4.79 Å². The standard InChI is InChI=1S/C20H30N2O3/c1-6-8-9-12-20(5,24-7-2)19(23)22-18-11-10-17(25-15(3)4)13-16(18)14-21/h10-11,13,15H,6-9,12H2,1-5H3,(H,22,23). The van der Waals surface area contributed by atoms with E-state index in [-0.39, 0.29) is 12.0 Å². The van der Waals surface area contributed by atoms with Gasteiger partial charge in [-0.15, -0.1) is 0 Å². The van der Waals surface area contributed by atoms with Crippen molar-refractivity contribution in [2.24, 2.45) is 0 Å². The van der Waals surface area contributed by atoms with E-state index in [0.717, 1.165) is 19.3 Å². The molecule has 1 aromatic rings. The monoisotopic (exact) mass is 346 g/mol. The number of carbonyl (C=O) groups excluding carboxylic acids is 1. The largest absolute Gasteiger partial charge is 0.491 e. The van der Waals surface area contributed by atoms with Crippen LogP contribution >= 0.6 is 0 Å². The van der Waals surface area contributed by atoms with Gasteiger partial charge >= 0.3 is 0 Å². The number of ether oxygens (including phenoxy) is 2. The minimum absolute atomic E-state index is 0.0202. The Balaban J connectivity index is 2.94. The van der Waals surface area contributed by atoms with Gasteiger partial charge in [-0.05, 0) is 46.2 Å². The summed E-state index contributed by atoms with van der Waals surface area (Å²) in [7, 11) is 0. The zero-order valence-corrected chi connectivity index (χ0v) is 16.0. The molecule has 1 aromatic carbocycles. The SMILES string of the molecule is CCCCCC(C)(OCC)C(=O)Nc1ccc(OC(C)C)cc1C#N. The van der Waals surface area contributed by atoms with E-state index in [9.17, 15) is 10.1 Å². The molecule has 0 aliphatic heterocycles. The fourth-order valence-electron chi connectivity index (χ4n) is 2.61. The van der Waals surface area contributed by atoms with E-state index in [1.54, 1.807) is 18.2 Å². The summed E-state index contributed by atoms with van der Waals surface area (Å²) in [6.45, 7) is 10.1. The van der Waals surface area contributed by atoms with E-state index >= 15 is 0 Å². The number of nitrogens with zero attached hydrogens (tertiary/aromatic N) is 1. The number of benzene rings is 1. The van der Waals surface area contributed by atoms with Crippen molar-refractivity contribution in [3.05, 3.63) is 23.8 Å². The Morgan fingerprint density at radius 2 is 2.04 bits per heavy atom. The van der Waals surface area contributed by atoms with E-state index in [0.29, 0.717) is 30.0 Å². The number of nitrogens with one attached hydrogen (secondary N) is 1. The molecule has 5 nitrogen and oxygen atoms in total. The molecule has 0 heterocycles. The first-order chi connectivity index (χ1) is 11.9. The van der Waals surface area contributed by atoms with E-state index < -0.39 is 5.60 Å². The highest BCUT2D eigenvalue weighted by atomic mass is 16.5. The van der Waals surface area contributed by atoms with Crippen LogP contribution in [0.3, 0.4) is 0 Å². The lowest BCUT2D eigenvalue weighted by Crippen LogP contribution is -2.43. The number of anilines is 1. The molecule has 0 saturated heterocycles. The van der Waals surface area contributed by atoms with Crippen molar-refractivity contribution in [1.82, 2.24) is 0 Å². The fraction of sp³-hybridized carbons (Fsp3) is 0.600. The number of unbranched alkanes of at least 4 members (excludes halogenated alkanes) is 2. The maximum atomic E-state index is 12.8.